The molecule has 0 atom stereocenters. The number of carbonyl (C=O) groups excluding carboxylic acids is 1. The molecule has 0 aliphatic carbocycles. The van der Waals surface area contributed by atoms with Gasteiger partial charge in [-0.25, -0.2) is 4.79 Å². The van der Waals surface area contributed by atoms with E-state index in [0.29, 0.717) is 12.2 Å². The summed E-state index contributed by atoms with van der Waals surface area (Å²) in [5.74, 6) is -0.257. The number of hydrogen-bond acceptors (Lipinski definition) is 2. The van der Waals surface area contributed by atoms with Gasteiger partial charge in [-0.15, -0.1) is 0 Å². The molecule has 0 aliphatic rings. The van der Waals surface area contributed by atoms with Crippen molar-refractivity contribution in [3.05, 3.63) is 42.2 Å². The third-order valence-electron chi connectivity index (χ3n) is 2.20. The van der Waals surface area contributed by atoms with Crippen molar-refractivity contribution in [2.24, 2.45) is 0 Å². The normalized spacial score (nSPS) is 10.5. The van der Waals surface area contributed by atoms with Gasteiger partial charge in [0.2, 0.25) is 0 Å². The van der Waals surface area contributed by atoms with Crippen molar-refractivity contribution in [3.8, 4) is 0 Å². The molecule has 0 amide bonds. The first-order valence-corrected chi connectivity index (χ1v) is 5.05. The fourth-order valence-corrected chi connectivity index (χ4v) is 1.43. The summed E-state index contributed by atoms with van der Waals surface area (Å²) in [7, 11) is 0. The molecule has 2 aromatic rings. The first-order valence-electron chi connectivity index (χ1n) is 5.05. The average molecular weight is 203 g/mol. The van der Waals surface area contributed by atoms with E-state index in [9.17, 15) is 4.79 Å². The van der Waals surface area contributed by atoms with Crippen molar-refractivity contribution in [1.29, 1.82) is 0 Å². The van der Waals surface area contributed by atoms with Crippen molar-refractivity contribution >= 4 is 11.5 Å². The topological polar surface area (TPSA) is 30.7 Å². The van der Waals surface area contributed by atoms with E-state index in [-0.39, 0.29) is 5.97 Å². The van der Waals surface area contributed by atoms with E-state index in [2.05, 4.69) is 0 Å². The van der Waals surface area contributed by atoms with Gasteiger partial charge in [-0.2, -0.15) is 0 Å². The maximum atomic E-state index is 11.5. The number of nitrogens with zero attached hydrogens (tertiary/aromatic N) is 1. The van der Waals surface area contributed by atoms with Crippen molar-refractivity contribution in [3.63, 3.8) is 0 Å². The van der Waals surface area contributed by atoms with Gasteiger partial charge in [0.05, 0.1) is 12.2 Å². The Bertz CT molecular complexity index is 473. The molecular weight excluding hydrogens is 190 g/mol. The maximum Gasteiger partial charge on any atom is 0.339 e. The van der Waals surface area contributed by atoms with Crippen LogP contribution in [-0.4, -0.2) is 17.0 Å². The Kier molecular flexibility index (Phi) is 2.72. The molecule has 0 N–H and O–H groups in total. The fourth-order valence-electron chi connectivity index (χ4n) is 1.43. The monoisotopic (exact) mass is 203 g/mol. The first kappa shape index (κ1) is 9.77. The van der Waals surface area contributed by atoms with Crippen LogP contribution in [0.4, 0.5) is 0 Å². The Morgan fingerprint density at radius 1 is 1.40 bits per heavy atom. The molecule has 3 heteroatoms. The molecule has 2 heterocycles. The number of rotatable bonds is 3. The van der Waals surface area contributed by atoms with Crippen molar-refractivity contribution < 1.29 is 9.53 Å². The second kappa shape index (κ2) is 4.17. The molecular formula is C12H13NO2. The predicted octanol–water partition coefficient (Wildman–Crippen LogP) is 2.51. The smallest absolute Gasteiger partial charge is 0.339 e. The quantitative estimate of drug-likeness (QED) is 0.717. The molecule has 2 rings (SSSR count). The van der Waals surface area contributed by atoms with Crippen LogP contribution in [0.5, 0.6) is 0 Å². The zero-order chi connectivity index (χ0) is 10.7. The molecule has 0 saturated heterocycles. The number of ether oxygens (including phenoxy) is 1. The molecule has 0 spiro atoms. The second-order valence-electron chi connectivity index (χ2n) is 3.39. The highest BCUT2D eigenvalue weighted by atomic mass is 16.5. The van der Waals surface area contributed by atoms with Gasteiger partial charge in [0, 0.05) is 17.9 Å². The summed E-state index contributed by atoms with van der Waals surface area (Å²) in [6.45, 7) is 2.45. The zero-order valence-electron chi connectivity index (χ0n) is 8.64. The van der Waals surface area contributed by atoms with Gasteiger partial charge in [-0.1, -0.05) is 6.92 Å². The van der Waals surface area contributed by atoms with Crippen molar-refractivity contribution in [2.75, 3.05) is 6.61 Å². The van der Waals surface area contributed by atoms with Crippen LogP contribution in [0.1, 0.15) is 23.7 Å². The number of aromatic nitrogens is 1. The van der Waals surface area contributed by atoms with Gasteiger partial charge in [0.15, 0.2) is 0 Å². The van der Waals surface area contributed by atoms with E-state index in [4.69, 9.17) is 4.74 Å². The van der Waals surface area contributed by atoms with E-state index in [1.807, 2.05) is 35.7 Å². The number of esters is 1. The lowest BCUT2D eigenvalue weighted by molar-refractivity contribution is 0.0504. The van der Waals surface area contributed by atoms with E-state index in [0.717, 1.165) is 11.9 Å². The second-order valence-corrected chi connectivity index (χ2v) is 3.39. The third kappa shape index (κ3) is 2.01. The van der Waals surface area contributed by atoms with Gasteiger partial charge in [0.1, 0.15) is 0 Å². The van der Waals surface area contributed by atoms with Crippen LogP contribution in [0.2, 0.25) is 0 Å². The Labute approximate surface area is 88.3 Å². The van der Waals surface area contributed by atoms with E-state index in [1.165, 1.54) is 0 Å². The lowest BCUT2D eigenvalue weighted by Gasteiger charge is -2.03. The highest BCUT2D eigenvalue weighted by Crippen LogP contribution is 2.08. The summed E-state index contributed by atoms with van der Waals surface area (Å²) in [6, 6.07) is 7.62. The molecule has 0 unspecified atom stereocenters. The number of hydrogen-bond donors (Lipinski definition) is 0. The molecule has 0 aromatic carbocycles. The third-order valence-corrected chi connectivity index (χ3v) is 2.20. The molecule has 0 bridgehead atoms. The molecule has 0 fully saturated rings. The van der Waals surface area contributed by atoms with Crippen LogP contribution in [0, 0.1) is 0 Å². The van der Waals surface area contributed by atoms with Crippen LogP contribution in [0.25, 0.3) is 5.52 Å². The lowest BCUT2D eigenvalue weighted by atomic mass is 10.3. The van der Waals surface area contributed by atoms with Crippen LogP contribution in [-0.2, 0) is 4.74 Å². The molecule has 0 aliphatic heterocycles. The maximum absolute atomic E-state index is 11.5. The van der Waals surface area contributed by atoms with Gasteiger partial charge < -0.3 is 9.14 Å². The Hall–Kier alpha value is -1.77. The minimum atomic E-state index is -0.257. The predicted molar refractivity (Wildman–Crippen MR) is 58.0 cm³/mol. The molecule has 0 radical (unpaired) electrons. The summed E-state index contributed by atoms with van der Waals surface area (Å²) < 4.78 is 6.96. The number of carbonyl (C=O) groups is 1. The molecule has 2 aromatic heterocycles. The van der Waals surface area contributed by atoms with Gasteiger partial charge in [-0.05, 0) is 30.7 Å². The summed E-state index contributed by atoms with van der Waals surface area (Å²) in [6.07, 6.45) is 4.54. The highest BCUT2D eigenvalue weighted by molar-refractivity contribution is 5.89. The average Bonchev–Trinajstić information content (AvgIpc) is 2.72. The van der Waals surface area contributed by atoms with Gasteiger partial charge in [0.25, 0.3) is 0 Å². The minimum Gasteiger partial charge on any atom is -0.462 e. The summed E-state index contributed by atoms with van der Waals surface area (Å²) in [5.41, 5.74) is 1.66. The lowest BCUT2D eigenvalue weighted by Crippen LogP contribution is -2.06. The Morgan fingerprint density at radius 2 is 2.27 bits per heavy atom. The first-order chi connectivity index (χ1) is 7.31. The zero-order valence-corrected chi connectivity index (χ0v) is 8.64. The summed E-state index contributed by atoms with van der Waals surface area (Å²) >= 11 is 0. The van der Waals surface area contributed by atoms with Crippen LogP contribution >= 0.6 is 0 Å². The Morgan fingerprint density at radius 3 is 3.07 bits per heavy atom. The number of pyridine rings is 1. The fraction of sp³-hybridized carbons (Fsp3) is 0.250. The van der Waals surface area contributed by atoms with E-state index in [1.54, 1.807) is 12.3 Å². The summed E-state index contributed by atoms with van der Waals surface area (Å²) in [4.78, 5) is 11.5. The van der Waals surface area contributed by atoms with Gasteiger partial charge in [-0.3, -0.25) is 0 Å². The SMILES string of the molecule is CCCOC(=O)c1ccc2cccn2c1. The van der Waals surface area contributed by atoms with Crippen molar-refractivity contribution in [1.82, 2.24) is 4.40 Å². The molecule has 78 valence electrons. The molecule has 15 heavy (non-hydrogen) atoms. The Balaban J connectivity index is 2.23. The molecule has 3 nitrogen and oxygen atoms in total. The largest absolute Gasteiger partial charge is 0.462 e. The standard InChI is InChI=1S/C12H13NO2/c1-2-8-15-12(14)10-5-6-11-4-3-7-13(11)9-10/h3-7,9H,2,8H2,1H3. The molecule has 0 saturated carbocycles. The highest BCUT2D eigenvalue weighted by Gasteiger charge is 2.06. The summed E-state index contributed by atoms with van der Waals surface area (Å²) in [5, 5.41) is 0. The van der Waals surface area contributed by atoms with Gasteiger partial charge >= 0.3 is 5.97 Å². The van der Waals surface area contributed by atoms with E-state index >= 15 is 0 Å². The van der Waals surface area contributed by atoms with Crippen molar-refractivity contribution in [2.45, 2.75) is 13.3 Å². The van der Waals surface area contributed by atoms with Crippen LogP contribution in [0.15, 0.2) is 36.7 Å². The van der Waals surface area contributed by atoms with Crippen LogP contribution in [0.3, 0.4) is 0 Å². The minimum absolute atomic E-state index is 0.257. The number of fused-ring (bicyclic) bond motifs is 1. The van der Waals surface area contributed by atoms with Crippen LogP contribution < -0.4 is 0 Å². The van der Waals surface area contributed by atoms with E-state index < -0.39 is 0 Å².